The van der Waals surface area contributed by atoms with Gasteiger partial charge in [0.25, 0.3) is 5.91 Å². The van der Waals surface area contributed by atoms with Gasteiger partial charge in [0.15, 0.2) is 5.78 Å². The van der Waals surface area contributed by atoms with Crippen molar-refractivity contribution < 1.29 is 37.1 Å². The second-order valence-corrected chi connectivity index (χ2v) is 18.0. The van der Waals surface area contributed by atoms with Crippen LogP contribution in [0.5, 0.6) is 0 Å². The summed E-state index contributed by atoms with van der Waals surface area (Å²) in [6, 6.07) is 20.7. The zero-order valence-corrected chi connectivity index (χ0v) is 34.1. The van der Waals surface area contributed by atoms with Crippen molar-refractivity contribution in [1.82, 2.24) is 4.31 Å². The zero-order chi connectivity index (χ0) is 40.0. The summed E-state index contributed by atoms with van der Waals surface area (Å²) in [7, 11) is -1.24. The van der Waals surface area contributed by atoms with Crippen LogP contribution in [0, 0.1) is 5.92 Å². The van der Waals surface area contributed by atoms with Gasteiger partial charge >= 0.3 is 11.9 Å². The molecule has 0 radical (unpaired) electrons. The molecule has 0 atom stereocenters. The van der Waals surface area contributed by atoms with E-state index in [1.54, 1.807) is 24.3 Å². The Labute approximate surface area is 333 Å². The van der Waals surface area contributed by atoms with E-state index in [0.717, 1.165) is 60.1 Å². The number of sulfonamides is 1. The van der Waals surface area contributed by atoms with Gasteiger partial charge in [0.05, 0.1) is 36.2 Å². The number of fused-ring (bicyclic) bond motifs is 1. The van der Waals surface area contributed by atoms with Gasteiger partial charge in [-0.15, -0.1) is 11.3 Å². The highest BCUT2D eigenvalue weighted by Crippen LogP contribution is 2.37. The largest absolute Gasteiger partial charge is 0.469 e. The van der Waals surface area contributed by atoms with Crippen LogP contribution in [0.1, 0.15) is 110 Å². The van der Waals surface area contributed by atoms with Crippen LogP contribution >= 0.6 is 11.3 Å². The van der Waals surface area contributed by atoms with Gasteiger partial charge in [0.1, 0.15) is 0 Å². The summed E-state index contributed by atoms with van der Waals surface area (Å²) in [5.74, 6) is -1.36. The number of hydrogen-bond acceptors (Lipinski definition) is 9. The number of carbonyl (C=O) groups excluding carboxylic acids is 4. The number of hydrogen-bond donors (Lipinski definition) is 1. The molecule has 3 aromatic carbocycles. The Morgan fingerprint density at radius 1 is 0.821 bits per heavy atom. The molecule has 10 nitrogen and oxygen atoms in total. The fourth-order valence-electron chi connectivity index (χ4n) is 8.00. The summed E-state index contributed by atoms with van der Waals surface area (Å²) < 4.78 is 39.5. The van der Waals surface area contributed by atoms with Crippen LogP contribution in [0.3, 0.4) is 0 Å². The van der Waals surface area contributed by atoms with Gasteiger partial charge in [-0.25, -0.2) is 13.2 Å². The zero-order valence-electron chi connectivity index (χ0n) is 32.5. The molecule has 0 unspecified atom stereocenters. The molecule has 2 aliphatic rings. The third kappa shape index (κ3) is 9.30. The quantitative estimate of drug-likeness (QED) is 0.100. The smallest absolute Gasteiger partial charge is 0.337 e. The number of methoxy groups -OCH3 is 2. The Hall–Kier alpha value is -4.65. The molecule has 1 aromatic heterocycles. The maximum Gasteiger partial charge on any atom is 0.337 e. The van der Waals surface area contributed by atoms with Crippen LogP contribution in [0.15, 0.2) is 77.7 Å². The fraction of sp³-hybridized carbons (Fsp3) is 0.409. The van der Waals surface area contributed by atoms with E-state index in [4.69, 9.17) is 9.47 Å². The maximum atomic E-state index is 14.1. The number of benzene rings is 3. The number of nitrogens with one attached hydrogen (secondary N) is 1. The van der Waals surface area contributed by atoms with Crippen molar-refractivity contribution >= 4 is 50.7 Å². The summed E-state index contributed by atoms with van der Waals surface area (Å²) >= 11 is 1.51. The molecule has 0 spiro atoms. The van der Waals surface area contributed by atoms with Crippen molar-refractivity contribution in [3.05, 3.63) is 116 Å². The number of nitrogens with zero attached hydrogens (tertiary/aromatic N) is 1. The molecule has 2 aliphatic carbocycles. The van der Waals surface area contributed by atoms with Crippen LogP contribution in [0.2, 0.25) is 0 Å². The number of thiophene rings is 1. The number of amides is 1. The molecule has 1 N–H and O–H groups in total. The van der Waals surface area contributed by atoms with Crippen LogP contribution in [-0.4, -0.2) is 62.7 Å². The van der Waals surface area contributed by atoms with Crippen molar-refractivity contribution in [1.29, 1.82) is 0 Å². The van der Waals surface area contributed by atoms with Gasteiger partial charge in [-0.3, -0.25) is 14.4 Å². The number of aryl methyl sites for hydroxylation is 3. The topological polar surface area (TPSA) is 136 Å². The fourth-order valence-corrected chi connectivity index (χ4v) is 11.3. The van der Waals surface area contributed by atoms with E-state index < -0.39 is 10.0 Å². The van der Waals surface area contributed by atoms with Crippen LogP contribution in [0.4, 0.5) is 5.69 Å². The van der Waals surface area contributed by atoms with Crippen LogP contribution in [0.25, 0.3) is 0 Å². The maximum absolute atomic E-state index is 14.1. The highest BCUT2D eigenvalue weighted by molar-refractivity contribution is 7.89. The van der Waals surface area contributed by atoms with Gasteiger partial charge in [-0.05, 0) is 131 Å². The second-order valence-electron chi connectivity index (χ2n) is 14.9. The van der Waals surface area contributed by atoms with E-state index >= 15 is 0 Å². The van der Waals surface area contributed by atoms with Crippen molar-refractivity contribution in [2.75, 3.05) is 19.5 Å². The molecule has 296 valence electrons. The highest BCUT2D eigenvalue weighted by atomic mass is 32.2. The lowest BCUT2D eigenvalue weighted by Crippen LogP contribution is -2.46. The SMILES string of the molecule is COC(=O)c1ccc(CCc2ccc(NC(=O)c3c(CC(=O)c4cccc(S(=O)(=O)N(C(C)C)C5CCC(C(=O)OC)CC5)c4)sc4c3CCCC4)cc2)cc1. The van der Waals surface area contributed by atoms with Crippen molar-refractivity contribution in [3.8, 4) is 0 Å². The molecule has 0 bridgehead atoms. The number of esters is 2. The van der Waals surface area contributed by atoms with Crippen molar-refractivity contribution in [3.63, 3.8) is 0 Å². The number of anilines is 1. The minimum Gasteiger partial charge on any atom is -0.469 e. The summed E-state index contributed by atoms with van der Waals surface area (Å²) in [6.45, 7) is 3.68. The van der Waals surface area contributed by atoms with Crippen LogP contribution < -0.4 is 5.32 Å². The second kappa shape index (κ2) is 18.1. The monoisotopic (exact) mass is 798 g/mol. The third-order valence-corrected chi connectivity index (χ3v) is 14.3. The summed E-state index contributed by atoms with van der Waals surface area (Å²) in [4.78, 5) is 53.6. The van der Waals surface area contributed by atoms with Gasteiger partial charge < -0.3 is 14.8 Å². The highest BCUT2D eigenvalue weighted by Gasteiger charge is 2.38. The minimum absolute atomic E-state index is 0.0189. The van der Waals surface area contributed by atoms with Crippen molar-refractivity contribution in [2.45, 2.75) is 101 Å². The predicted molar refractivity (Wildman–Crippen MR) is 217 cm³/mol. The number of carbonyl (C=O) groups is 4. The van der Waals surface area contributed by atoms with E-state index in [2.05, 4.69) is 5.32 Å². The Balaban J connectivity index is 1.15. The number of Topliss-reactive ketones (excluding diaryl/α,β-unsaturated/α-hetero) is 1. The molecule has 0 saturated heterocycles. The first kappa shape index (κ1) is 41.0. The van der Waals surface area contributed by atoms with E-state index in [-0.39, 0.29) is 58.5 Å². The average Bonchev–Trinajstić information content (AvgIpc) is 3.58. The van der Waals surface area contributed by atoms with Gasteiger partial charge in [-0.1, -0.05) is 36.4 Å². The molecule has 1 fully saturated rings. The first-order valence-electron chi connectivity index (χ1n) is 19.3. The molecular weight excluding hydrogens is 749 g/mol. The Morgan fingerprint density at radius 2 is 1.46 bits per heavy atom. The van der Waals surface area contributed by atoms with E-state index in [0.29, 0.717) is 47.4 Å². The molecule has 1 saturated carbocycles. The average molecular weight is 799 g/mol. The van der Waals surface area contributed by atoms with Gasteiger partial charge in [-0.2, -0.15) is 4.31 Å². The normalized spacial score (nSPS) is 17.0. The lowest BCUT2D eigenvalue weighted by molar-refractivity contribution is -0.146. The van der Waals surface area contributed by atoms with E-state index in [1.165, 1.54) is 42.0 Å². The summed E-state index contributed by atoms with van der Waals surface area (Å²) in [6.07, 6.45) is 7.36. The third-order valence-electron chi connectivity index (χ3n) is 10.9. The summed E-state index contributed by atoms with van der Waals surface area (Å²) in [5.41, 5.74) is 5.19. The van der Waals surface area contributed by atoms with Crippen molar-refractivity contribution in [2.24, 2.45) is 5.92 Å². The lowest BCUT2D eigenvalue weighted by atomic mass is 9.86. The number of rotatable bonds is 14. The van der Waals surface area contributed by atoms with Gasteiger partial charge in [0, 0.05) is 39.5 Å². The standard InChI is InChI=1S/C44H50N2O8S2/c1-28(2)46(35-24-20-32(21-25-35)44(50)54-4)56(51,52)36-9-7-8-33(26-36)38(47)27-40-41(37-10-5-6-11-39(37)55-40)42(48)45-34-22-16-30(17-23-34)13-12-29-14-18-31(19-15-29)43(49)53-3/h7-9,14-19,22-23,26,28,32,35H,5-6,10-13,20-21,24-25,27H2,1-4H3,(H,45,48). The minimum atomic E-state index is -3.97. The first-order chi connectivity index (χ1) is 26.9. The molecule has 1 amide bonds. The predicted octanol–water partition coefficient (Wildman–Crippen LogP) is 8.01. The molecule has 56 heavy (non-hydrogen) atoms. The summed E-state index contributed by atoms with van der Waals surface area (Å²) in [5, 5.41) is 3.07. The molecular formula is C44H50N2O8S2. The molecule has 1 heterocycles. The van der Waals surface area contributed by atoms with E-state index in [9.17, 15) is 27.6 Å². The number of ketones is 1. The molecule has 6 rings (SSSR count). The Kier molecular flexibility index (Phi) is 13.2. The Morgan fingerprint density at radius 3 is 2.09 bits per heavy atom. The van der Waals surface area contributed by atoms with E-state index in [1.807, 2.05) is 50.2 Å². The number of ether oxygens (including phenoxy) is 2. The van der Waals surface area contributed by atoms with Crippen LogP contribution in [-0.2, 0) is 56.4 Å². The molecule has 4 aromatic rings. The Bertz CT molecular complexity index is 2170. The first-order valence-corrected chi connectivity index (χ1v) is 21.6. The van der Waals surface area contributed by atoms with Gasteiger partial charge in [0.2, 0.25) is 10.0 Å². The lowest BCUT2D eigenvalue weighted by Gasteiger charge is -2.37. The molecule has 12 heteroatoms. The molecule has 0 aliphatic heterocycles.